The van der Waals surface area contributed by atoms with E-state index < -0.39 is 0 Å². The Balaban J connectivity index is 1.52. The van der Waals surface area contributed by atoms with Crippen LogP contribution in [0.15, 0.2) is 41.4 Å². The number of carbonyl (C=O) groups is 1. The molecule has 6 nitrogen and oxygen atoms in total. The topological polar surface area (TPSA) is 94.9 Å². The van der Waals surface area contributed by atoms with Crippen molar-refractivity contribution in [3.05, 3.63) is 47.6 Å². The fourth-order valence-corrected chi connectivity index (χ4v) is 5.32. The molecular weight excluding hydrogens is 444 g/mol. The molecule has 1 unspecified atom stereocenters. The smallest absolute Gasteiger partial charge is 0.191 e. The highest BCUT2D eigenvalue weighted by Gasteiger charge is 2.29. The lowest BCUT2D eigenvalue weighted by Crippen LogP contribution is -2.14. The summed E-state index contributed by atoms with van der Waals surface area (Å²) in [4.78, 5) is 27.1. The van der Waals surface area contributed by atoms with Gasteiger partial charge in [0.2, 0.25) is 0 Å². The van der Waals surface area contributed by atoms with Gasteiger partial charge in [-0.25, -0.2) is 9.97 Å². The zero-order chi connectivity index (χ0) is 24.0. The number of aromatic nitrogens is 3. The summed E-state index contributed by atoms with van der Waals surface area (Å²) in [5.74, 6) is 0.247. The number of nitrogens with zero attached hydrogens (tertiary/aromatic N) is 3. The monoisotopic (exact) mass is 482 g/mol. The standard InChI is InChI=1S/C27H38N4O2S/c1-2-3-4-5-6-7-8-9-10-11-12-13-15-21(25(32)22-20-29-17-18-30-22)26-24(31-27(28)34-26)23-16-14-19-33-23/h14,16-21H,2-13,15H2,1H3,(H2,28,31). The summed E-state index contributed by atoms with van der Waals surface area (Å²) in [6.07, 6.45) is 22.4. The minimum Gasteiger partial charge on any atom is -0.463 e. The normalized spacial score (nSPS) is 12.1. The van der Waals surface area contributed by atoms with E-state index in [9.17, 15) is 4.79 Å². The number of nitrogens with two attached hydrogens (primary N) is 1. The van der Waals surface area contributed by atoms with Crippen molar-refractivity contribution < 1.29 is 9.21 Å². The van der Waals surface area contributed by atoms with Gasteiger partial charge in [0, 0.05) is 17.3 Å². The van der Waals surface area contributed by atoms with Crippen LogP contribution in [0.2, 0.25) is 0 Å². The summed E-state index contributed by atoms with van der Waals surface area (Å²) < 4.78 is 5.58. The Kier molecular flexibility index (Phi) is 11.2. The second kappa shape index (κ2) is 14.7. The fraction of sp³-hybridized carbons (Fsp3) is 0.556. The molecule has 2 N–H and O–H groups in total. The Labute approximate surface area is 207 Å². The van der Waals surface area contributed by atoms with Gasteiger partial charge in [-0.15, -0.1) is 11.3 Å². The number of hydrogen-bond acceptors (Lipinski definition) is 7. The van der Waals surface area contributed by atoms with Crippen molar-refractivity contribution in [1.82, 2.24) is 15.0 Å². The number of unbranched alkanes of at least 4 members (excludes halogenated alkanes) is 11. The quantitative estimate of drug-likeness (QED) is 0.156. The van der Waals surface area contributed by atoms with Gasteiger partial charge >= 0.3 is 0 Å². The number of hydrogen-bond donors (Lipinski definition) is 1. The number of carbonyl (C=O) groups excluding carboxylic acids is 1. The third kappa shape index (κ3) is 8.05. The van der Waals surface area contributed by atoms with E-state index in [0.29, 0.717) is 22.3 Å². The van der Waals surface area contributed by atoms with Crippen LogP contribution in [0.4, 0.5) is 5.13 Å². The fourth-order valence-electron chi connectivity index (χ4n) is 4.35. The molecule has 0 fully saturated rings. The van der Waals surface area contributed by atoms with Crippen LogP contribution in [-0.2, 0) is 0 Å². The lowest BCUT2D eigenvalue weighted by molar-refractivity contribution is 0.0950. The van der Waals surface area contributed by atoms with E-state index in [1.807, 2.05) is 12.1 Å². The largest absolute Gasteiger partial charge is 0.463 e. The number of Topliss-reactive ketones (excluding diaryl/α,β-unsaturated/α-hetero) is 1. The predicted molar refractivity (Wildman–Crippen MR) is 139 cm³/mol. The van der Waals surface area contributed by atoms with E-state index in [4.69, 9.17) is 10.2 Å². The molecule has 0 saturated carbocycles. The minimum absolute atomic E-state index is 0.0346. The first-order valence-electron chi connectivity index (χ1n) is 12.8. The molecule has 34 heavy (non-hydrogen) atoms. The SMILES string of the molecule is CCCCCCCCCCCCCCC(C(=O)c1cnccn1)c1sc(N)nc1-c1ccco1. The first-order chi connectivity index (χ1) is 16.7. The second-order valence-electron chi connectivity index (χ2n) is 8.93. The highest BCUT2D eigenvalue weighted by Crippen LogP contribution is 2.39. The van der Waals surface area contributed by atoms with Gasteiger partial charge in [-0.2, -0.15) is 0 Å². The van der Waals surface area contributed by atoms with Gasteiger partial charge in [0.25, 0.3) is 0 Å². The van der Waals surface area contributed by atoms with Crippen LogP contribution in [0.1, 0.15) is 112 Å². The Morgan fingerprint density at radius 3 is 2.26 bits per heavy atom. The summed E-state index contributed by atoms with van der Waals surface area (Å²) in [5.41, 5.74) is 7.10. The highest BCUT2D eigenvalue weighted by molar-refractivity contribution is 7.16. The Morgan fingerprint density at radius 1 is 1.00 bits per heavy atom. The van der Waals surface area contributed by atoms with Crippen LogP contribution in [0.3, 0.4) is 0 Å². The third-order valence-electron chi connectivity index (χ3n) is 6.22. The van der Waals surface area contributed by atoms with E-state index >= 15 is 0 Å². The van der Waals surface area contributed by atoms with E-state index in [2.05, 4.69) is 21.9 Å². The molecule has 7 heteroatoms. The number of anilines is 1. The first kappa shape index (κ1) is 26.1. The van der Waals surface area contributed by atoms with E-state index in [-0.39, 0.29) is 11.7 Å². The molecule has 0 saturated heterocycles. The molecule has 3 aromatic rings. The summed E-state index contributed by atoms with van der Waals surface area (Å²) in [6.45, 7) is 2.26. The van der Waals surface area contributed by atoms with Crippen molar-refractivity contribution in [1.29, 1.82) is 0 Å². The molecule has 0 spiro atoms. The second-order valence-corrected chi connectivity index (χ2v) is 9.99. The van der Waals surface area contributed by atoms with Gasteiger partial charge in [0.1, 0.15) is 11.4 Å². The van der Waals surface area contributed by atoms with Crippen LogP contribution < -0.4 is 5.73 Å². The van der Waals surface area contributed by atoms with Gasteiger partial charge < -0.3 is 10.2 Å². The van der Waals surface area contributed by atoms with E-state index in [0.717, 1.165) is 24.1 Å². The van der Waals surface area contributed by atoms with Gasteiger partial charge in [0.15, 0.2) is 16.7 Å². The van der Waals surface area contributed by atoms with Crippen LogP contribution in [0, 0.1) is 0 Å². The molecule has 1 atom stereocenters. The summed E-state index contributed by atoms with van der Waals surface area (Å²) >= 11 is 1.37. The summed E-state index contributed by atoms with van der Waals surface area (Å²) in [5, 5.41) is 0.438. The molecule has 0 bridgehead atoms. The van der Waals surface area contributed by atoms with Crippen molar-refractivity contribution in [3.8, 4) is 11.5 Å². The van der Waals surface area contributed by atoms with Gasteiger partial charge in [-0.3, -0.25) is 9.78 Å². The Bertz CT molecular complexity index is 956. The van der Waals surface area contributed by atoms with Gasteiger partial charge in [-0.05, 0) is 18.6 Å². The number of rotatable bonds is 17. The molecule has 0 aliphatic rings. The van der Waals surface area contributed by atoms with Crippen LogP contribution in [0.5, 0.6) is 0 Å². The number of nitrogen functional groups attached to an aromatic ring is 1. The Hall–Kier alpha value is -2.54. The van der Waals surface area contributed by atoms with Crippen molar-refractivity contribution in [2.75, 3.05) is 5.73 Å². The Morgan fingerprint density at radius 2 is 1.68 bits per heavy atom. The maximum absolute atomic E-state index is 13.4. The average molecular weight is 483 g/mol. The summed E-state index contributed by atoms with van der Waals surface area (Å²) in [7, 11) is 0. The average Bonchev–Trinajstić information content (AvgIpc) is 3.52. The van der Waals surface area contributed by atoms with Gasteiger partial charge in [0.05, 0.1) is 18.4 Å². The van der Waals surface area contributed by atoms with Gasteiger partial charge in [-0.1, -0.05) is 84.0 Å². The predicted octanol–water partition coefficient (Wildman–Crippen LogP) is 7.83. The molecular formula is C27H38N4O2S. The molecule has 0 radical (unpaired) electrons. The molecule has 3 aromatic heterocycles. The summed E-state index contributed by atoms with van der Waals surface area (Å²) in [6, 6.07) is 3.67. The number of furan rings is 1. The van der Waals surface area contributed by atoms with Crippen molar-refractivity contribution in [3.63, 3.8) is 0 Å². The highest BCUT2D eigenvalue weighted by atomic mass is 32.1. The molecule has 3 heterocycles. The zero-order valence-corrected chi connectivity index (χ0v) is 21.2. The van der Waals surface area contributed by atoms with Crippen LogP contribution in [-0.4, -0.2) is 20.7 Å². The van der Waals surface area contributed by atoms with E-state index in [1.54, 1.807) is 18.7 Å². The molecule has 0 aliphatic carbocycles. The lowest BCUT2D eigenvalue weighted by Gasteiger charge is -2.15. The van der Waals surface area contributed by atoms with Crippen molar-refractivity contribution in [2.45, 2.75) is 96.3 Å². The van der Waals surface area contributed by atoms with Crippen LogP contribution >= 0.6 is 11.3 Å². The minimum atomic E-state index is -0.352. The number of ketones is 1. The molecule has 0 amide bonds. The molecule has 184 valence electrons. The first-order valence-corrected chi connectivity index (χ1v) is 13.6. The van der Waals surface area contributed by atoms with Crippen LogP contribution in [0.25, 0.3) is 11.5 Å². The lowest BCUT2D eigenvalue weighted by atomic mass is 9.91. The van der Waals surface area contributed by atoms with E-state index in [1.165, 1.54) is 81.7 Å². The third-order valence-corrected chi connectivity index (χ3v) is 7.22. The van der Waals surface area contributed by atoms with Crippen molar-refractivity contribution >= 4 is 22.3 Å². The molecule has 3 rings (SSSR count). The molecule has 0 aromatic carbocycles. The maximum Gasteiger partial charge on any atom is 0.191 e. The molecule has 0 aliphatic heterocycles. The maximum atomic E-state index is 13.4. The zero-order valence-electron chi connectivity index (χ0n) is 20.4. The number of thiazole rings is 1. The van der Waals surface area contributed by atoms with Crippen molar-refractivity contribution in [2.24, 2.45) is 0 Å².